The number of aromatic nitrogens is 3. The van der Waals surface area contributed by atoms with Crippen molar-refractivity contribution in [3.63, 3.8) is 0 Å². The first-order valence-electron chi connectivity index (χ1n) is 8.62. The van der Waals surface area contributed by atoms with Crippen LogP contribution < -0.4 is 16.6 Å². The molecule has 8 heteroatoms. The highest BCUT2D eigenvalue weighted by atomic mass is 19.1. The Morgan fingerprint density at radius 3 is 2.81 bits per heavy atom. The summed E-state index contributed by atoms with van der Waals surface area (Å²) in [6.45, 7) is 1.81. The predicted octanol–water partition coefficient (Wildman–Crippen LogP) is 1.80. The summed E-state index contributed by atoms with van der Waals surface area (Å²) < 4.78 is 15.1. The van der Waals surface area contributed by atoms with Crippen LogP contribution in [0.25, 0.3) is 11.0 Å². The Morgan fingerprint density at radius 1 is 1.33 bits per heavy atom. The van der Waals surface area contributed by atoms with Gasteiger partial charge in [-0.3, -0.25) is 19.1 Å². The molecule has 0 bridgehead atoms. The lowest BCUT2D eigenvalue weighted by molar-refractivity contribution is 0.0950. The number of nitrogens with zero attached hydrogens (tertiary/aromatic N) is 2. The Balaban J connectivity index is 1.61. The number of halogens is 1. The number of aromatic amines is 1. The molecule has 1 saturated carbocycles. The van der Waals surface area contributed by atoms with Gasteiger partial charge in [-0.1, -0.05) is 12.1 Å². The average molecular weight is 368 g/mol. The molecule has 4 rings (SSSR count). The Hall–Kier alpha value is -3.29. The first kappa shape index (κ1) is 17.1. The first-order chi connectivity index (χ1) is 12.9. The molecule has 2 heterocycles. The molecule has 0 atom stereocenters. The van der Waals surface area contributed by atoms with Crippen molar-refractivity contribution < 1.29 is 9.18 Å². The van der Waals surface area contributed by atoms with E-state index in [4.69, 9.17) is 0 Å². The van der Waals surface area contributed by atoms with E-state index in [9.17, 15) is 18.8 Å². The zero-order chi connectivity index (χ0) is 19.1. The van der Waals surface area contributed by atoms with Crippen LogP contribution in [0.3, 0.4) is 0 Å². The zero-order valence-corrected chi connectivity index (χ0v) is 14.6. The highest BCUT2D eigenvalue weighted by Crippen LogP contribution is 2.34. The van der Waals surface area contributed by atoms with E-state index in [1.54, 1.807) is 19.1 Å². The quantitative estimate of drug-likeness (QED) is 0.734. The molecule has 0 spiro atoms. The lowest BCUT2D eigenvalue weighted by Crippen LogP contribution is -2.31. The summed E-state index contributed by atoms with van der Waals surface area (Å²) in [5.41, 5.74) is 0.575. The van der Waals surface area contributed by atoms with Crippen molar-refractivity contribution in [2.24, 2.45) is 0 Å². The van der Waals surface area contributed by atoms with E-state index in [1.807, 2.05) is 0 Å². The molecule has 7 nitrogen and oxygen atoms in total. The molecule has 27 heavy (non-hydrogen) atoms. The second kappa shape index (κ2) is 6.46. The summed E-state index contributed by atoms with van der Waals surface area (Å²) in [7, 11) is 0. The van der Waals surface area contributed by atoms with E-state index in [1.165, 1.54) is 22.9 Å². The van der Waals surface area contributed by atoms with Gasteiger partial charge in [0.25, 0.3) is 11.5 Å². The van der Waals surface area contributed by atoms with Crippen LogP contribution in [0.5, 0.6) is 0 Å². The molecule has 0 unspecified atom stereocenters. The molecule has 1 aromatic carbocycles. The minimum atomic E-state index is -0.574. The Bertz CT molecular complexity index is 1180. The number of aryl methyl sites for hydroxylation is 1. The summed E-state index contributed by atoms with van der Waals surface area (Å²) in [4.78, 5) is 43.0. The average Bonchev–Trinajstić information content (AvgIpc) is 3.47. The van der Waals surface area contributed by atoms with Gasteiger partial charge in [-0.15, -0.1) is 0 Å². The van der Waals surface area contributed by atoms with Crippen LogP contribution in [0.15, 0.2) is 40.1 Å². The van der Waals surface area contributed by atoms with Crippen LogP contribution in [0, 0.1) is 12.7 Å². The molecule has 3 aromatic rings. The number of nitrogens with one attached hydrogen (secondary N) is 2. The molecule has 0 saturated heterocycles. The topological polar surface area (TPSA) is 96.8 Å². The third-order valence-electron chi connectivity index (χ3n) is 4.64. The molecule has 1 amide bonds. The van der Waals surface area contributed by atoms with Crippen molar-refractivity contribution in [3.8, 4) is 0 Å². The van der Waals surface area contributed by atoms with Crippen molar-refractivity contribution in [1.29, 1.82) is 0 Å². The third kappa shape index (κ3) is 3.25. The number of fused-ring (bicyclic) bond motifs is 1. The van der Waals surface area contributed by atoms with Gasteiger partial charge < -0.3 is 5.32 Å². The smallest absolute Gasteiger partial charge is 0.330 e. The molecule has 0 radical (unpaired) electrons. The van der Waals surface area contributed by atoms with Gasteiger partial charge in [0.1, 0.15) is 11.5 Å². The second-order valence-electron chi connectivity index (χ2n) is 6.72. The number of carbonyl (C=O) groups excluding carboxylic acids is 1. The maximum absolute atomic E-state index is 13.6. The molecule has 2 N–H and O–H groups in total. The maximum atomic E-state index is 13.6. The highest BCUT2D eigenvalue weighted by molar-refractivity contribution is 5.96. The number of H-pyrrole nitrogens is 1. The molecular formula is C19H17FN4O3. The normalized spacial score (nSPS) is 13.7. The molecule has 0 aliphatic heterocycles. The van der Waals surface area contributed by atoms with Crippen LogP contribution in [0.1, 0.15) is 40.4 Å². The number of amides is 1. The Morgan fingerprint density at radius 2 is 2.11 bits per heavy atom. The van der Waals surface area contributed by atoms with Crippen LogP contribution in [-0.2, 0) is 6.54 Å². The van der Waals surface area contributed by atoms with Gasteiger partial charge in [-0.2, -0.15) is 0 Å². The van der Waals surface area contributed by atoms with Crippen LogP contribution in [0.2, 0.25) is 0 Å². The van der Waals surface area contributed by atoms with Crippen LogP contribution >= 0.6 is 0 Å². The van der Waals surface area contributed by atoms with Crippen molar-refractivity contribution >= 4 is 16.9 Å². The van der Waals surface area contributed by atoms with E-state index in [-0.39, 0.29) is 35.0 Å². The lowest BCUT2D eigenvalue weighted by atomic mass is 10.1. The fourth-order valence-electron chi connectivity index (χ4n) is 2.96. The minimum Gasteiger partial charge on any atom is -0.348 e. The van der Waals surface area contributed by atoms with Gasteiger partial charge in [0.05, 0.1) is 10.9 Å². The molecule has 1 fully saturated rings. The van der Waals surface area contributed by atoms with Gasteiger partial charge in [0, 0.05) is 18.8 Å². The number of benzene rings is 1. The number of carbonyl (C=O) groups is 1. The number of rotatable bonds is 4. The number of pyridine rings is 1. The molecule has 1 aliphatic carbocycles. The summed E-state index contributed by atoms with van der Waals surface area (Å²) in [5, 5.41) is 2.87. The highest BCUT2D eigenvalue weighted by Gasteiger charge is 2.27. The van der Waals surface area contributed by atoms with Crippen molar-refractivity contribution in [1.82, 2.24) is 19.9 Å². The molecular weight excluding hydrogens is 351 g/mol. The van der Waals surface area contributed by atoms with Gasteiger partial charge in [0.15, 0.2) is 0 Å². The van der Waals surface area contributed by atoms with E-state index in [0.717, 1.165) is 12.8 Å². The number of hydrogen-bond donors (Lipinski definition) is 2. The molecule has 2 aromatic heterocycles. The molecule has 1 aliphatic rings. The summed E-state index contributed by atoms with van der Waals surface area (Å²) in [5.74, 6) is -0.771. The van der Waals surface area contributed by atoms with E-state index >= 15 is 0 Å². The van der Waals surface area contributed by atoms with E-state index in [0.29, 0.717) is 11.1 Å². The first-order valence-corrected chi connectivity index (χ1v) is 8.62. The largest absolute Gasteiger partial charge is 0.348 e. The van der Waals surface area contributed by atoms with Gasteiger partial charge in [-0.25, -0.2) is 14.2 Å². The second-order valence-corrected chi connectivity index (χ2v) is 6.72. The van der Waals surface area contributed by atoms with Gasteiger partial charge in [-0.05, 0) is 43.0 Å². The molecule has 138 valence electrons. The predicted molar refractivity (Wildman–Crippen MR) is 97.2 cm³/mol. The zero-order valence-electron chi connectivity index (χ0n) is 14.6. The SMILES string of the molecule is Cc1ccc(CNC(=O)c2cnc3c(c2)c(=O)[nH]c(=O)n3C2CC2)cc1F. The van der Waals surface area contributed by atoms with Crippen molar-refractivity contribution in [3.05, 3.63) is 73.8 Å². The van der Waals surface area contributed by atoms with Crippen molar-refractivity contribution in [2.75, 3.05) is 0 Å². The van der Waals surface area contributed by atoms with E-state index in [2.05, 4.69) is 15.3 Å². The third-order valence-corrected chi connectivity index (χ3v) is 4.64. The lowest BCUT2D eigenvalue weighted by Gasteiger charge is -2.09. The fourth-order valence-corrected chi connectivity index (χ4v) is 2.96. The summed E-state index contributed by atoms with van der Waals surface area (Å²) in [6, 6.07) is 6.21. The minimum absolute atomic E-state index is 0.0421. The standard InChI is InChI=1S/C19H17FN4O3/c1-10-2-3-11(6-15(10)20)8-22-17(25)12-7-14-16(21-9-12)24(13-4-5-13)19(27)23-18(14)26/h2-3,6-7,9,13H,4-5,8H2,1H3,(H,22,25)(H,23,26,27). The summed E-state index contributed by atoms with van der Waals surface area (Å²) >= 11 is 0. The van der Waals surface area contributed by atoms with Gasteiger partial charge >= 0.3 is 5.69 Å². The number of hydrogen-bond acceptors (Lipinski definition) is 4. The maximum Gasteiger partial charge on any atom is 0.330 e. The van der Waals surface area contributed by atoms with Crippen LogP contribution in [0.4, 0.5) is 4.39 Å². The monoisotopic (exact) mass is 368 g/mol. The van der Waals surface area contributed by atoms with Crippen LogP contribution in [-0.4, -0.2) is 20.4 Å². The summed E-state index contributed by atoms with van der Waals surface area (Å²) in [6.07, 6.45) is 3.06. The van der Waals surface area contributed by atoms with Gasteiger partial charge in [0.2, 0.25) is 0 Å². The fraction of sp³-hybridized carbons (Fsp3) is 0.263. The van der Waals surface area contributed by atoms with E-state index < -0.39 is 17.2 Å². The van der Waals surface area contributed by atoms with Crippen molar-refractivity contribution in [2.45, 2.75) is 32.4 Å². The Labute approximate surface area is 152 Å². The Kier molecular flexibility index (Phi) is 4.10.